The van der Waals surface area contributed by atoms with Crippen molar-refractivity contribution in [2.45, 2.75) is 13.3 Å². The standard InChI is InChI=1S/C13H16BrN5O2/c1-2-21-5-3-4-16-12(20)10(6-15)7-17-13-18-8-11(14)9-19-13/h7-9H,2-5H2,1H3,(H,16,20)(H,17,18,19)/b10-7-. The van der Waals surface area contributed by atoms with Crippen molar-refractivity contribution in [3.8, 4) is 6.07 Å². The summed E-state index contributed by atoms with van der Waals surface area (Å²) in [7, 11) is 0. The molecule has 1 amide bonds. The molecule has 1 heterocycles. The summed E-state index contributed by atoms with van der Waals surface area (Å²) in [5.41, 5.74) is -0.0436. The van der Waals surface area contributed by atoms with E-state index >= 15 is 0 Å². The molecule has 0 bridgehead atoms. The topological polar surface area (TPSA) is 99.9 Å². The van der Waals surface area contributed by atoms with Crippen molar-refractivity contribution < 1.29 is 9.53 Å². The van der Waals surface area contributed by atoms with Crippen LogP contribution >= 0.6 is 15.9 Å². The molecule has 0 aromatic carbocycles. The van der Waals surface area contributed by atoms with E-state index < -0.39 is 5.91 Å². The van der Waals surface area contributed by atoms with Gasteiger partial charge in [-0.25, -0.2) is 9.97 Å². The number of nitrogens with one attached hydrogen (secondary N) is 2. The summed E-state index contributed by atoms with van der Waals surface area (Å²) < 4.78 is 5.89. The maximum atomic E-state index is 11.8. The van der Waals surface area contributed by atoms with E-state index in [1.54, 1.807) is 12.4 Å². The van der Waals surface area contributed by atoms with Crippen LogP contribution in [0.15, 0.2) is 28.6 Å². The van der Waals surface area contributed by atoms with Gasteiger partial charge in [0.25, 0.3) is 5.91 Å². The number of carbonyl (C=O) groups excluding carboxylic acids is 1. The van der Waals surface area contributed by atoms with Crippen LogP contribution in [0.25, 0.3) is 0 Å². The number of anilines is 1. The third-order valence-corrected chi connectivity index (χ3v) is 2.70. The van der Waals surface area contributed by atoms with Gasteiger partial charge in [-0.05, 0) is 29.3 Å². The first-order chi connectivity index (χ1) is 10.2. The molecule has 112 valence electrons. The summed E-state index contributed by atoms with van der Waals surface area (Å²) >= 11 is 3.21. The second kappa shape index (κ2) is 9.85. The molecular weight excluding hydrogens is 338 g/mol. The molecule has 0 aliphatic rings. The van der Waals surface area contributed by atoms with E-state index in [1.807, 2.05) is 13.0 Å². The Balaban J connectivity index is 2.45. The monoisotopic (exact) mass is 353 g/mol. The van der Waals surface area contributed by atoms with Gasteiger partial charge < -0.3 is 15.4 Å². The van der Waals surface area contributed by atoms with Gasteiger partial charge in [-0.15, -0.1) is 0 Å². The number of hydrogen-bond acceptors (Lipinski definition) is 6. The van der Waals surface area contributed by atoms with Crippen molar-refractivity contribution in [2.75, 3.05) is 25.1 Å². The van der Waals surface area contributed by atoms with Gasteiger partial charge in [0, 0.05) is 38.4 Å². The molecule has 0 radical (unpaired) electrons. The van der Waals surface area contributed by atoms with E-state index in [0.29, 0.717) is 32.1 Å². The van der Waals surface area contributed by atoms with Crippen LogP contribution in [0.5, 0.6) is 0 Å². The minimum Gasteiger partial charge on any atom is -0.382 e. The Morgan fingerprint density at radius 1 is 1.52 bits per heavy atom. The van der Waals surface area contributed by atoms with Gasteiger partial charge in [0.15, 0.2) is 0 Å². The maximum Gasteiger partial charge on any atom is 0.263 e. The molecule has 0 saturated carbocycles. The average molecular weight is 354 g/mol. The molecular formula is C13H16BrN5O2. The quantitative estimate of drug-likeness (QED) is 0.418. The Labute approximate surface area is 131 Å². The summed E-state index contributed by atoms with van der Waals surface area (Å²) in [6.07, 6.45) is 5.09. The van der Waals surface area contributed by atoms with Crippen LogP contribution in [-0.4, -0.2) is 35.6 Å². The van der Waals surface area contributed by atoms with Crippen molar-refractivity contribution in [3.63, 3.8) is 0 Å². The summed E-state index contributed by atoms with van der Waals surface area (Å²) in [6.45, 7) is 3.58. The fourth-order valence-corrected chi connectivity index (χ4v) is 1.49. The Kier molecular flexibility index (Phi) is 8.01. The number of aromatic nitrogens is 2. The van der Waals surface area contributed by atoms with Crippen molar-refractivity contribution in [2.24, 2.45) is 0 Å². The van der Waals surface area contributed by atoms with Crippen LogP contribution in [0, 0.1) is 11.3 Å². The number of nitriles is 1. The van der Waals surface area contributed by atoms with Crippen LogP contribution in [0.2, 0.25) is 0 Å². The predicted octanol–water partition coefficient (Wildman–Crippen LogP) is 1.60. The average Bonchev–Trinajstić information content (AvgIpc) is 2.49. The zero-order valence-corrected chi connectivity index (χ0v) is 13.2. The zero-order valence-electron chi connectivity index (χ0n) is 11.6. The van der Waals surface area contributed by atoms with E-state index in [-0.39, 0.29) is 5.57 Å². The molecule has 0 fully saturated rings. The van der Waals surface area contributed by atoms with Crippen LogP contribution in [-0.2, 0) is 9.53 Å². The molecule has 8 heteroatoms. The lowest BCUT2D eigenvalue weighted by Crippen LogP contribution is -2.26. The molecule has 1 aromatic rings. The Morgan fingerprint density at radius 2 is 2.24 bits per heavy atom. The minimum absolute atomic E-state index is 0.0436. The molecule has 1 aromatic heterocycles. The molecule has 1 rings (SSSR count). The SMILES string of the molecule is CCOCCCNC(=O)/C(C#N)=C\Nc1ncc(Br)cn1. The molecule has 0 spiro atoms. The van der Waals surface area contributed by atoms with Gasteiger partial charge >= 0.3 is 0 Å². The smallest absolute Gasteiger partial charge is 0.263 e. The molecule has 0 unspecified atom stereocenters. The highest BCUT2D eigenvalue weighted by Gasteiger charge is 2.08. The summed E-state index contributed by atoms with van der Waals surface area (Å²) in [4.78, 5) is 19.7. The Bertz CT molecular complexity index is 524. The van der Waals surface area contributed by atoms with Gasteiger partial charge in [0.05, 0.1) is 4.47 Å². The third-order valence-electron chi connectivity index (χ3n) is 2.29. The second-order valence-electron chi connectivity index (χ2n) is 3.85. The maximum absolute atomic E-state index is 11.8. The largest absolute Gasteiger partial charge is 0.382 e. The van der Waals surface area contributed by atoms with Gasteiger partial charge in [0.1, 0.15) is 11.6 Å². The number of halogens is 1. The van der Waals surface area contributed by atoms with Crippen LogP contribution in [0.3, 0.4) is 0 Å². The van der Waals surface area contributed by atoms with Gasteiger partial charge in [-0.1, -0.05) is 0 Å². The fourth-order valence-electron chi connectivity index (χ4n) is 1.29. The van der Waals surface area contributed by atoms with Gasteiger partial charge in [-0.3, -0.25) is 4.79 Å². The normalized spacial score (nSPS) is 10.8. The molecule has 0 atom stereocenters. The first-order valence-electron chi connectivity index (χ1n) is 6.37. The minimum atomic E-state index is -0.446. The first kappa shape index (κ1) is 17.1. The van der Waals surface area contributed by atoms with Crippen LogP contribution in [0.4, 0.5) is 5.95 Å². The Morgan fingerprint density at radius 3 is 2.86 bits per heavy atom. The van der Waals surface area contributed by atoms with Crippen LogP contribution < -0.4 is 10.6 Å². The number of amides is 1. The Hall–Kier alpha value is -1.98. The van der Waals surface area contributed by atoms with E-state index in [2.05, 4.69) is 36.5 Å². The van der Waals surface area contributed by atoms with Crippen molar-refractivity contribution in [1.29, 1.82) is 5.26 Å². The molecule has 7 nitrogen and oxygen atoms in total. The second-order valence-corrected chi connectivity index (χ2v) is 4.76. The molecule has 21 heavy (non-hydrogen) atoms. The van der Waals surface area contributed by atoms with Crippen molar-refractivity contribution in [1.82, 2.24) is 15.3 Å². The number of nitrogens with zero attached hydrogens (tertiary/aromatic N) is 3. The number of carbonyl (C=O) groups is 1. The lowest BCUT2D eigenvalue weighted by atomic mass is 10.3. The summed E-state index contributed by atoms with van der Waals surface area (Å²) in [6, 6.07) is 1.83. The highest BCUT2D eigenvalue weighted by atomic mass is 79.9. The summed E-state index contributed by atoms with van der Waals surface area (Å²) in [5, 5.41) is 14.3. The predicted molar refractivity (Wildman–Crippen MR) is 81.2 cm³/mol. The van der Waals surface area contributed by atoms with E-state index in [1.165, 1.54) is 6.20 Å². The molecule has 2 N–H and O–H groups in total. The van der Waals surface area contributed by atoms with Crippen molar-refractivity contribution in [3.05, 3.63) is 28.6 Å². The number of rotatable bonds is 8. The first-order valence-corrected chi connectivity index (χ1v) is 7.17. The van der Waals surface area contributed by atoms with E-state index in [4.69, 9.17) is 10.00 Å². The fraction of sp³-hybridized carbons (Fsp3) is 0.385. The third kappa shape index (κ3) is 6.83. The zero-order chi connectivity index (χ0) is 15.5. The number of ether oxygens (including phenoxy) is 1. The molecule has 0 aliphatic carbocycles. The lowest BCUT2D eigenvalue weighted by molar-refractivity contribution is -0.117. The van der Waals surface area contributed by atoms with Gasteiger partial charge in [-0.2, -0.15) is 5.26 Å². The van der Waals surface area contributed by atoms with E-state index in [9.17, 15) is 4.79 Å². The van der Waals surface area contributed by atoms with Crippen molar-refractivity contribution >= 4 is 27.8 Å². The molecule has 0 saturated heterocycles. The summed E-state index contributed by atoms with van der Waals surface area (Å²) in [5.74, 6) is -0.145. The highest BCUT2D eigenvalue weighted by molar-refractivity contribution is 9.10. The van der Waals surface area contributed by atoms with E-state index in [0.717, 1.165) is 4.47 Å². The van der Waals surface area contributed by atoms with Crippen LogP contribution in [0.1, 0.15) is 13.3 Å². The number of hydrogen-bond donors (Lipinski definition) is 2. The lowest BCUT2D eigenvalue weighted by Gasteiger charge is -2.04. The highest BCUT2D eigenvalue weighted by Crippen LogP contribution is 2.07. The molecule has 0 aliphatic heterocycles. The van der Waals surface area contributed by atoms with Gasteiger partial charge in [0.2, 0.25) is 5.95 Å².